The number of rotatable bonds is 8. The molecule has 1 saturated heterocycles. The summed E-state index contributed by atoms with van der Waals surface area (Å²) >= 11 is 0. The molecular formula is C20H47N3O. The average Bonchev–Trinajstić information content (AvgIpc) is 3.03. The monoisotopic (exact) mass is 345 g/mol. The highest BCUT2D eigenvalue weighted by molar-refractivity contribution is 5.45. The van der Waals surface area contributed by atoms with E-state index in [0.717, 1.165) is 18.5 Å². The molecule has 4 heteroatoms. The summed E-state index contributed by atoms with van der Waals surface area (Å²) in [7, 11) is 5.63. The minimum atomic E-state index is 0.750. The first-order valence-electron chi connectivity index (χ1n) is 10.1. The lowest BCUT2D eigenvalue weighted by Gasteiger charge is -2.19. The molecule has 4 nitrogen and oxygen atoms in total. The first-order chi connectivity index (χ1) is 11.5. The minimum Gasteiger partial charge on any atom is -0.351 e. The Labute approximate surface area is 153 Å². The van der Waals surface area contributed by atoms with E-state index in [2.05, 4.69) is 31.1 Å². The summed E-state index contributed by atoms with van der Waals surface area (Å²) in [5.41, 5.74) is 0. The van der Waals surface area contributed by atoms with Crippen LogP contribution in [0.2, 0.25) is 0 Å². The molecular weight excluding hydrogens is 298 g/mol. The van der Waals surface area contributed by atoms with Crippen molar-refractivity contribution in [2.45, 2.75) is 92.2 Å². The molecule has 0 aromatic carbocycles. The van der Waals surface area contributed by atoms with E-state index in [1.165, 1.54) is 56.5 Å². The number of hydrogen-bond acceptors (Lipinski definition) is 3. The third kappa shape index (κ3) is 21.4. The number of nitrogens with one attached hydrogen (secondary N) is 1. The van der Waals surface area contributed by atoms with Gasteiger partial charge < -0.3 is 15.1 Å². The van der Waals surface area contributed by atoms with Gasteiger partial charge in [-0.15, -0.1) is 0 Å². The number of carbonyl (C=O) groups is 1. The van der Waals surface area contributed by atoms with Crippen molar-refractivity contribution in [2.24, 2.45) is 0 Å². The molecule has 0 saturated carbocycles. The largest absolute Gasteiger partial charge is 0.351 e. The van der Waals surface area contributed by atoms with E-state index in [4.69, 9.17) is 0 Å². The van der Waals surface area contributed by atoms with Crippen molar-refractivity contribution in [3.8, 4) is 0 Å². The Bertz CT molecular complexity index is 235. The highest BCUT2D eigenvalue weighted by Gasteiger charge is 2.19. The van der Waals surface area contributed by atoms with Crippen molar-refractivity contribution in [3.63, 3.8) is 0 Å². The van der Waals surface area contributed by atoms with Crippen LogP contribution in [0, 0.1) is 0 Å². The van der Waals surface area contributed by atoms with Gasteiger partial charge in [0.15, 0.2) is 0 Å². The van der Waals surface area contributed by atoms with Gasteiger partial charge in [0, 0.05) is 26.2 Å². The molecule has 2 atom stereocenters. The molecule has 0 aromatic rings. The fourth-order valence-electron chi connectivity index (χ4n) is 2.37. The Morgan fingerprint density at radius 3 is 1.92 bits per heavy atom. The molecule has 1 fully saturated rings. The van der Waals surface area contributed by atoms with Crippen LogP contribution in [0.4, 0.5) is 0 Å². The number of hydrogen-bond donors (Lipinski definition) is 1. The first kappa shape index (κ1) is 28.2. The van der Waals surface area contributed by atoms with Crippen molar-refractivity contribution < 1.29 is 4.79 Å². The van der Waals surface area contributed by atoms with E-state index < -0.39 is 0 Å². The third-order valence-electron chi connectivity index (χ3n) is 3.68. The summed E-state index contributed by atoms with van der Waals surface area (Å²) < 4.78 is 0. The molecule has 0 aliphatic carbocycles. The van der Waals surface area contributed by atoms with Crippen LogP contribution in [0.25, 0.3) is 0 Å². The van der Waals surface area contributed by atoms with Gasteiger partial charge in [-0.1, -0.05) is 47.5 Å². The maximum absolute atomic E-state index is 9.43. The molecule has 1 heterocycles. The Balaban J connectivity index is -0.000000413. The van der Waals surface area contributed by atoms with Crippen molar-refractivity contribution in [1.29, 1.82) is 0 Å². The van der Waals surface area contributed by atoms with Gasteiger partial charge in [0.25, 0.3) is 0 Å². The van der Waals surface area contributed by atoms with Gasteiger partial charge >= 0.3 is 0 Å². The van der Waals surface area contributed by atoms with Gasteiger partial charge in [0.1, 0.15) is 0 Å². The van der Waals surface area contributed by atoms with E-state index in [0.29, 0.717) is 0 Å². The number of unbranched alkanes of at least 4 members (excludes halogenated alkanes) is 2. The molecule has 2 unspecified atom stereocenters. The van der Waals surface area contributed by atoms with Crippen molar-refractivity contribution >= 4 is 6.41 Å². The number of nitrogens with zero attached hydrogens (tertiary/aromatic N) is 2. The quantitative estimate of drug-likeness (QED) is 0.523. The molecule has 148 valence electrons. The van der Waals surface area contributed by atoms with Crippen LogP contribution in [0.15, 0.2) is 0 Å². The molecule has 0 radical (unpaired) electrons. The predicted octanol–water partition coefficient (Wildman–Crippen LogP) is 4.40. The fraction of sp³-hybridized carbons (Fsp3) is 0.950. The zero-order valence-corrected chi connectivity index (χ0v) is 18.2. The molecule has 1 amide bonds. The highest BCUT2D eigenvalue weighted by Crippen LogP contribution is 2.14. The van der Waals surface area contributed by atoms with Gasteiger partial charge in [0.2, 0.25) is 6.41 Å². The lowest BCUT2D eigenvalue weighted by atomic mass is 10.1. The normalized spacial score (nSPS) is 18.4. The highest BCUT2D eigenvalue weighted by atomic mass is 16.1. The molecule has 1 N–H and O–H groups in total. The van der Waals surface area contributed by atoms with Crippen LogP contribution in [0.1, 0.15) is 80.1 Å². The van der Waals surface area contributed by atoms with Gasteiger partial charge in [-0.05, 0) is 52.7 Å². The van der Waals surface area contributed by atoms with Crippen LogP contribution >= 0.6 is 0 Å². The predicted molar refractivity (Wildman–Crippen MR) is 110 cm³/mol. The second-order valence-electron chi connectivity index (χ2n) is 6.21. The van der Waals surface area contributed by atoms with Crippen LogP contribution in [-0.4, -0.2) is 62.5 Å². The van der Waals surface area contributed by atoms with E-state index >= 15 is 0 Å². The van der Waals surface area contributed by atoms with Crippen LogP contribution < -0.4 is 5.32 Å². The Kier molecular flexibility index (Phi) is 26.3. The van der Waals surface area contributed by atoms with Gasteiger partial charge in [0.05, 0.1) is 0 Å². The van der Waals surface area contributed by atoms with Crippen LogP contribution in [0.3, 0.4) is 0 Å². The first-order valence-corrected chi connectivity index (χ1v) is 10.1. The Morgan fingerprint density at radius 1 is 1.00 bits per heavy atom. The lowest BCUT2D eigenvalue weighted by molar-refractivity contribution is -0.115. The van der Waals surface area contributed by atoms with Gasteiger partial charge in [-0.25, -0.2) is 0 Å². The van der Waals surface area contributed by atoms with Crippen LogP contribution in [0.5, 0.6) is 0 Å². The smallest absolute Gasteiger partial charge is 0.209 e. The molecule has 24 heavy (non-hydrogen) atoms. The second kappa shape index (κ2) is 22.4. The van der Waals surface area contributed by atoms with Crippen LogP contribution in [-0.2, 0) is 4.79 Å². The molecule has 1 aliphatic heterocycles. The second-order valence-corrected chi connectivity index (χ2v) is 6.21. The van der Waals surface area contributed by atoms with Crippen molar-refractivity contribution in [2.75, 3.05) is 34.2 Å². The summed E-state index contributed by atoms with van der Waals surface area (Å²) in [5, 5.41) is 3.65. The Hall–Kier alpha value is -0.610. The SMILES string of the molecule is CC.CC.CCCCCN(C)CCC1CCC(C)N1.CN(C)C=O. The summed E-state index contributed by atoms with van der Waals surface area (Å²) in [6.45, 7) is 15.1. The summed E-state index contributed by atoms with van der Waals surface area (Å²) in [6.07, 6.45) is 8.89. The van der Waals surface area contributed by atoms with Crippen molar-refractivity contribution in [1.82, 2.24) is 15.1 Å². The summed E-state index contributed by atoms with van der Waals surface area (Å²) in [4.78, 5) is 13.4. The zero-order valence-electron chi connectivity index (χ0n) is 18.2. The summed E-state index contributed by atoms with van der Waals surface area (Å²) in [6, 6.07) is 1.54. The average molecular weight is 346 g/mol. The minimum absolute atomic E-state index is 0.750. The van der Waals surface area contributed by atoms with Crippen molar-refractivity contribution in [3.05, 3.63) is 0 Å². The van der Waals surface area contributed by atoms with E-state index in [-0.39, 0.29) is 0 Å². The molecule has 0 bridgehead atoms. The summed E-state index contributed by atoms with van der Waals surface area (Å²) in [5.74, 6) is 0. The van der Waals surface area contributed by atoms with Gasteiger partial charge in [-0.2, -0.15) is 0 Å². The number of amides is 1. The maximum Gasteiger partial charge on any atom is 0.209 e. The molecule has 0 spiro atoms. The Morgan fingerprint density at radius 2 is 1.54 bits per heavy atom. The molecule has 1 rings (SSSR count). The molecule has 0 aromatic heterocycles. The standard InChI is InChI=1S/C13H28N2.C3H7NO.2C2H6/c1-4-5-6-10-15(3)11-9-13-8-7-12(2)14-13;1-4(2)3-5;2*1-2/h12-14H,4-11H2,1-3H3;3H,1-2H3;2*1-2H3. The third-order valence-corrected chi connectivity index (χ3v) is 3.68. The maximum atomic E-state index is 9.43. The lowest BCUT2D eigenvalue weighted by Crippen LogP contribution is -2.31. The van der Waals surface area contributed by atoms with E-state index in [1.807, 2.05) is 27.7 Å². The fourth-order valence-corrected chi connectivity index (χ4v) is 2.37. The van der Waals surface area contributed by atoms with E-state index in [1.54, 1.807) is 14.1 Å². The number of carbonyl (C=O) groups excluding carboxylic acids is 1. The molecule has 1 aliphatic rings. The topological polar surface area (TPSA) is 35.6 Å². The van der Waals surface area contributed by atoms with E-state index in [9.17, 15) is 4.79 Å². The zero-order chi connectivity index (χ0) is 19.4. The van der Waals surface area contributed by atoms with Gasteiger partial charge in [-0.3, -0.25) is 4.79 Å².